The van der Waals surface area contributed by atoms with Gasteiger partial charge in [0.1, 0.15) is 0 Å². The third-order valence-corrected chi connectivity index (χ3v) is 8.05. The average Bonchev–Trinajstić information content (AvgIpc) is 3.46. The minimum absolute atomic E-state index is 0.0163. The summed E-state index contributed by atoms with van der Waals surface area (Å²) in [5.74, 6) is -0.453. The molecule has 0 spiro atoms. The van der Waals surface area contributed by atoms with Crippen LogP contribution in [0.1, 0.15) is 22.5 Å². The first-order valence-corrected chi connectivity index (χ1v) is 11.9. The van der Waals surface area contributed by atoms with Gasteiger partial charge in [-0.3, -0.25) is 4.79 Å². The van der Waals surface area contributed by atoms with Crippen LogP contribution in [0.3, 0.4) is 0 Å². The summed E-state index contributed by atoms with van der Waals surface area (Å²) < 4.78 is 68.1. The van der Waals surface area contributed by atoms with E-state index in [9.17, 15) is 31.5 Å². The molecule has 0 radical (unpaired) electrons. The van der Waals surface area contributed by atoms with Crippen molar-refractivity contribution in [3.05, 3.63) is 65.3 Å². The predicted molar refractivity (Wildman–Crippen MR) is 115 cm³/mol. The van der Waals surface area contributed by atoms with Gasteiger partial charge in [-0.2, -0.15) is 30.8 Å². The Morgan fingerprint density at radius 2 is 1.97 bits per heavy atom. The highest BCUT2D eigenvalue weighted by Crippen LogP contribution is 2.33. The number of hydrogen-bond donors (Lipinski definition) is 1. The Bertz CT molecular complexity index is 1340. The summed E-state index contributed by atoms with van der Waals surface area (Å²) >= 11 is 0.471. The number of amides is 1. The van der Waals surface area contributed by atoms with E-state index in [1.54, 1.807) is 30.3 Å². The van der Waals surface area contributed by atoms with Crippen LogP contribution in [0.4, 0.5) is 13.2 Å². The van der Waals surface area contributed by atoms with Gasteiger partial charge in [-0.25, -0.2) is 4.98 Å². The molecule has 0 bridgehead atoms. The van der Waals surface area contributed by atoms with E-state index in [1.807, 2.05) is 0 Å². The van der Waals surface area contributed by atoms with Crippen LogP contribution in [-0.4, -0.2) is 51.3 Å². The van der Waals surface area contributed by atoms with Gasteiger partial charge >= 0.3 is 6.18 Å². The number of aryl methyl sites for hydroxylation is 1. The van der Waals surface area contributed by atoms with E-state index in [4.69, 9.17) is 0 Å². The van der Waals surface area contributed by atoms with Gasteiger partial charge in [-0.15, -0.1) is 0 Å². The van der Waals surface area contributed by atoms with Crippen LogP contribution in [0, 0.1) is 6.92 Å². The number of halogens is 3. The van der Waals surface area contributed by atoms with E-state index in [-0.39, 0.29) is 28.6 Å². The zero-order chi connectivity index (χ0) is 24.7. The van der Waals surface area contributed by atoms with E-state index in [1.165, 1.54) is 18.0 Å². The number of carbonyl (C=O) groups is 1. The Labute approximate surface area is 195 Å². The smallest absolute Gasteiger partial charge is 0.422 e. The van der Waals surface area contributed by atoms with Gasteiger partial charge in [0.2, 0.25) is 0 Å². The fourth-order valence-electron chi connectivity index (χ4n) is 3.32. The molecule has 0 fully saturated rings. The van der Waals surface area contributed by atoms with E-state index < -0.39 is 33.9 Å². The Morgan fingerprint density at radius 1 is 1.26 bits per heavy atom. The first kappa shape index (κ1) is 23.8. The molecular weight excluding hydrogens is 497 g/mol. The molecule has 3 heterocycles. The molecule has 0 aliphatic carbocycles. The Hall–Kier alpha value is -3.39. The summed E-state index contributed by atoms with van der Waals surface area (Å²) in [7, 11) is -4.24. The molecule has 14 heteroatoms. The lowest BCUT2D eigenvalue weighted by Gasteiger charge is -2.17. The number of fused-ring (bicyclic) bond motifs is 1. The van der Waals surface area contributed by atoms with Crippen molar-refractivity contribution in [2.45, 2.75) is 30.4 Å². The summed E-state index contributed by atoms with van der Waals surface area (Å²) in [5.41, 5.74) is 1.42. The molecule has 1 aliphatic rings. The molecule has 3 aromatic rings. The molecule has 1 N–H and O–H groups in total. The molecule has 1 aliphatic heterocycles. The molecule has 2 aromatic heterocycles. The largest absolute Gasteiger partial charge is 0.515 e. The van der Waals surface area contributed by atoms with Gasteiger partial charge < -0.3 is 14.7 Å². The lowest BCUT2D eigenvalue weighted by molar-refractivity contribution is -0.153. The summed E-state index contributed by atoms with van der Waals surface area (Å²) in [4.78, 5) is 18.0. The van der Waals surface area contributed by atoms with Crippen LogP contribution < -0.4 is 4.74 Å². The number of aromatic nitrogens is 3. The Morgan fingerprint density at radius 3 is 2.59 bits per heavy atom. The summed E-state index contributed by atoms with van der Waals surface area (Å²) in [6, 6.07) is 8.56. The topological polar surface area (TPSA) is 115 Å². The van der Waals surface area contributed by atoms with Crippen LogP contribution >= 0.6 is 11.3 Å². The van der Waals surface area contributed by atoms with E-state index in [2.05, 4.69) is 14.8 Å². The highest BCUT2D eigenvalue weighted by Gasteiger charge is 2.34. The second kappa shape index (κ2) is 8.76. The van der Waals surface area contributed by atoms with Crippen LogP contribution in [0.5, 0.6) is 5.19 Å². The standard InChI is InChI=1S/C20H17F3N4O5S2/c1-12-18(33-19(24-12)32-11-20(21,22)23)34(30,31)27-8-14-7-26(9-16(14)25-27)17(29)15(10-28)13-5-3-2-4-6-13/h2-6,8,10,28H,7,9,11H2,1H3/b15-10-. The maximum Gasteiger partial charge on any atom is 0.422 e. The average molecular weight is 515 g/mol. The summed E-state index contributed by atoms with van der Waals surface area (Å²) in [5, 5.41) is 13.2. The molecule has 180 valence electrons. The van der Waals surface area contributed by atoms with E-state index in [0.29, 0.717) is 32.2 Å². The lowest BCUT2D eigenvalue weighted by Crippen LogP contribution is -2.27. The molecule has 0 saturated heterocycles. The number of hydrogen-bond acceptors (Lipinski definition) is 8. The highest BCUT2D eigenvalue weighted by molar-refractivity contribution is 7.92. The maximum atomic E-state index is 13.0. The molecule has 9 nitrogen and oxygen atoms in total. The summed E-state index contributed by atoms with van der Waals surface area (Å²) in [6.07, 6.45) is -2.61. The third-order valence-electron chi connectivity index (χ3n) is 4.86. The number of thiazole rings is 1. The maximum absolute atomic E-state index is 13.0. The van der Waals surface area contributed by atoms with Crippen LogP contribution in [0.2, 0.25) is 0 Å². The quantitative estimate of drug-likeness (QED) is 0.397. The van der Waals surface area contributed by atoms with Crippen molar-refractivity contribution in [3.8, 4) is 5.19 Å². The zero-order valence-corrected chi connectivity index (χ0v) is 19.1. The van der Waals surface area contributed by atoms with E-state index >= 15 is 0 Å². The number of rotatable bonds is 6. The van der Waals surface area contributed by atoms with Crippen molar-refractivity contribution in [1.82, 2.24) is 19.1 Å². The number of aliphatic hydroxyl groups excluding tert-OH is 1. The summed E-state index contributed by atoms with van der Waals surface area (Å²) in [6.45, 7) is -0.168. The molecular formula is C20H17F3N4O5S2. The second-order valence-electron chi connectivity index (χ2n) is 7.31. The van der Waals surface area contributed by atoms with Crippen molar-refractivity contribution < 1.29 is 36.2 Å². The zero-order valence-electron chi connectivity index (χ0n) is 17.5. The molecule has 0 atom stereocenters. The number of benzene rings is 1. The second-order valence-corrected chi connectivity index (χ2v) is 10.3. The molecule has 1 amide bonds. The number of alkyl halides is 3. The van der Waals surface area contributed by atoms with Gasteiger partial charge in [0.25, 0.3) is 21.1 Å². The van der Waals surface area contributed by atoms with Crippen molar-refractivity contribution >= 4 is 32.8 Å². The number of aliphatic hydroxyl groups is 1. The minimum Gasteiger partial charge on any atom is -0.515 e. The van der Waals surface area contributed by atoms with Gasteiger partial charge in [0, 0.05) is 18.3 Å². The third kappa shape index (κ3) is 4.63. The molecule has 0 saturated carbocycles. The van der Waals surface area contributed by atoms with Crippen molar-refractivity contribution in [2.24, 2.45) is 0 Å². The van der Waals surface area contributed by atoms with Crippen molar-refractivity contribution in [3.63, 3.8) is 0 Å². The monoisotopic (exact) mass is 514 g/mol. The van der Waals surface area contributed by atoms with Crippen molar-refractivity contribution in [2.75, 3.05) is 6.61 Å². The molecule has 0 unspecified atom stereocenters. The van der Waals surface area contributed by atoms with Gasteiger partial charge in [-0.1, -0.05) is 41.7 Å². The number of carbonyl (C=O) groups excluding carboxylic acids is 1. The Balaban J connectivity index is 1.52. The number of nitrogens with zero attached hydrogens (tertiary/aromatic N) is 4. The molecule has 1 aromatic carbocycles. The fourth-order valence-corrected chi connectivity index (χ4v) is 5.90. The fraction of sp³-hybridized carbons (Fsp3) is 0.250. The highest BCUT2D eigenvalue weighted by atomic mass is 32.2. The Kier molecular flexibility index (Phi) is 6.12. The van der Waals surface area contributed by atoms with Crippen LogP contribution in [0.15, 0.2) is 47.0 Å². The van der Waals surface area contributed by atoms with Crippen LogP contribution in [0.25, 0.3) is 5.57 Å². The van der Waals surface area contributed by atoms with Crippen molar-refractivity contribution in [1.29, 1.82) is 0 Å². The minimum atomic E-state index is -4.59. The number of ether oxygens (including phenoxy) is 1. The first-order valence-electron chi connectivity index (χ1n) is 9.68. The molecule has 4 rings (SSSR count). The first-order chi connectivity index (χ1) is 16.0. The van der Waals surface area contributed by atoms with Gasteiger partial charge in [-0.05, 0) is 12.5 Å². The van der Waals surface area contributed by atoms with Gasteiger partial charge in [0.05, 0.1) is 29.8 Å². The predicted octanol–water partition coefficient (Wildman–Crippen LogP) is 3.27. The lowest BCUT2D eigenvalue weighted by atomic mass is 10.1. The SMILES string of the molecule is Cc1nc(OCC(F)(F)F)sc1S(=O)(=O)n1cc2c(n1)CN(C(=O)/C(=C\O)c1ccccc1)C2. The normalized spacial score (nSPS) is 14.4. The van der Waals surface area contributed by atoms with Crippen LogP contribution in [-0.2, 0) is 27.9 Å². The van der Waals surface area contributed by atoms with E-state index in [0.717, 1.165) is 6.26 Å². The molecule has 34 heavy (non-hydrogen) atoms. The van der Waals surface area contributed by atoms with Gasteiger partial charge in [0.15, 0.2) is 10.8 Å².